The number of thiophene rings is 1. The van der Waals surface area contributed by atoms with Crippen LogP contribution >= 0.6 is 23.6 Å². The summed E-state index contributed by atoms with van der Waals surface area (Å²) in [6, 6.07) is 14.0. The molecule has 0 aliphatic rings. The van der Waals surface area contributed by atoms with Gasteiger partial charge >= 0.3 is 0 Å². The van der Waals surface area contributed by atoms with Crippen LogP contribution in [0.4, 0.5) is 0 Å². The monoisotopic (exact) mass is 274 g/mol. The summed E-state index contributed by atoms with van der Waals surface area (Å²) >= 11 is 7.09. The second-order valence-electron chi connectivity index (χ2n) is 4.23. The van der Waals surface area contributed by atoms with Gasteiger partial charge < -0.3 is 0 Å². The molecule has 0 amide bonds. The SMILES string of the molecule is CC(=O)C(C)c1ccc(C(=S)c2ccccc2)s1. The molecule has 1 unspecified atom stereocenters. The van der Waals surface area contributed by atoms with Crippen molar-refractivity contribution >= 4 is 34.2 Å². The number of Topliss-reactive ketones (excluding diaryl/α,β-unsaturated/α-hetero) is 1. The molecule has 0 aliphatic carbocycles. The van der Waals surface area contributed by atoms with Gasteiger partial charge in [-0.25, -0.2) is 0 Å². The number of hydrogen-bond acceptors (Lipinski definition) is 3. The Morgan fingerprint density at radius 1 is 1.17 bits per heavy atom. The number of carbonyl (C=O) groups excluding carboxylic acids is 1. The van der Waals surface area contributed by atoms with Crippen LogP contribution in [0.1, 0.15) is 35.1 Å². The van der Waals surface area contributed by atoms with Crippen LogP contribution in [-0.4, -0.2) is 10.6 Å². The van der Waals surface area contributed by atoms with Gasteiger partial charge in [-0.2, -0.15) is 0 Å². The van der Waals surface area contributed by atoms with Gasteiger partial charge in [0.15, 0.2) is 0 Å². The number of hydrogen-bond donors (Lipinski definition) is 0. The molecule has 0 aliphatic heterocycles. The van der Waals surface area contributed by atoms with E-state index in [2.05, 4.69) is 0 Å². The predicted octanol–water partition coefficient (Wildman–Crippen LogP) is 4.21. The highest BCUT2D eigenvalue weighted by atomic mass is 32.1. The zero-order chi connectivity index (χ0) is 13.1. The first-order valence-electron chi connectivity index (χ1n) is 5.79. The average molecular weight is 274 g/mol. The molecule has 0 radical (unpaired) electrons. The van der Waals surface area contributed by atoms with E-state index in [9.17, 15) is 4.79 Å². The Bertz CT molecular complexity index is 569. The van der Waals surface area contributed by atoms with E-state index in [1.165, 1.54) is 0 Å². The molecule has 0 spiro atoms. The quantitative estimate of drug-likeness (QED) is 0.614. The third-order valence-corrected chi connectivity index (χ3v) is 4.79. The maximum absolute atomic E-state index is 11.4. The third kappa shape index (κ3) is 2.74. The highest BCUT2D eigenvalue weighted by molar-refractivity contribution is 7.81. The van der Waals surface area contributed by atoms with Crippen LogP contribution in [0.2, 0.25) is 0 Å². The Morgan fingerprint density at radius 3 is 2.44 bits per heavy atom. The van der Waals surface area contributed by atoms with Crippen molar-refractivity contribution < 1.29 is 4.79 Å². The lowest BCUT2D eigenvalue weighted by atomic mass is 10.1. The van der Waals surface area contributed by atoms with Crippen molar-refractivity contribution in [2.24, 2.45) is 0 Å². The molecule has 0 N–H and O–H groups in total. The summed E-state index contributed by atoms with van der Waals surface area (Å²) in [5.74, 6) is 0.149. The molecule has 2 rings (SSSR count). The Labute approximate surface area is 116 Å². The predicted molar refractivity (Wildman–Crippen MR) is 80.7 cm³/mol. The summed E-state index contributed by atoms with van der Waals surface area (Å²) in [7, 11) is 0. The minimum absolute atomic E-state index is 0.0395. The molecular weight excluding hydrogens is 260 g/mol. The topological polar surface area (TPSA) is 17.1 Å². The molecule has 18 heavy (non-hydrogen) atoms. The Morgan fingerprint density at radius 2 is 1.83 bits per heavy atom. The van der Waals surface area contributed by atoms with E-state index in [1.54, 1.807) is 18.3 Å². The van der Waals surface area contributed by atoms with Crippen molar-refractivity contribution in [3.8, 4) is 0 Å². The highest BCUT2D eigenvalue weighted by Crippen LogP contribution is 2.27. The zero-order valence-corrected chi connectivity index (χ0v) is 12.0. The fourth-order valence-corrected chi connectivity index (χ4v) is 3.05. The lowest BCUT2D eigenvalue weighted by Gasteiger charge is -2.03. The second kappa shape index (κ2) is 5.55. The van der Waals surface area contributed by atoms with Crippen LogP contribution in [0.5, 0.6) is 0 Å². The van der Waals surface area contributed by atoms with Crippen molar-refractivity contribution in [2.45, 2.75) is 19.8 Å². The van der Waals surface area contributed by atoms with E-state index in [1.807, 2.05) is 49.4 Å². The van der Waals surface area contributed by atoms with Gasteiger partial charge in [-0.05, 0) is 24.6 Å². The van der Waals surface area contributed by atoms with Gasteiger partial charge in [0.25, 0.3) is 0 Å². The van der Waals surface area contributed by atoms with Gasteiger partial charge in [0, 0.05) is 15.7 Å². The third-order valence-electron chi connectivity index (χ3n) is 2.92. The number of thiocarbonyl (C=S) groups is 1. The zero-order valence-electron chi connectivity index (χ0n) is 10.3. The lowest BCUT2D eigenvalue weighted by molar-refractivity contribution is -0.118. The maximum Gasteiger partial charge on any atom is 0.137 e. The number of benzene rings is 1. The van der Waals surface area contributed by atoms with E-state index < -0.39 is 0 Å². The fraction of sp³-hybridized carbons (Fsp3) is 0.200. The van der Waals surface area contributed by atoms with E-state index in [0.717, 1.165) is 20.2 Å². The Hall–Kier alpha value is -1.32. The van der Waals surface area contributed by atoms with Crippen LogP contribution in [0.15, 0.2) is 42.5 Å². The molecule has 1 aromatic heterocycles. The molecule has 1 aromatic carbocycles. The molecule has 0 bridgehead atoms. The van der Waals surface area contributed by atoms with Crippen molar-refractivity contribution in [3.63, 3.8) is 0 Å². The lowest BCUT2D eigenvalue weighted by Crippen LogP contribution is -2.01. The molecule has 0 fully saturated rings. The van der Waals surface area contributed by atoms with Gasteiger partial charge in [-0.15, -0.1) is 11.3 Å². The Balaban J connectivity index is 2.26. The van der Waals surface area contributed by atoms with Crippen LogP contribution < -0.4 is 0 Å². The van der Waals surface area contributed by atoms with Gasteiger partial charge in [0.05, 0.1) is 4.86 Å². The Kier molecular flexibility index (Phi) is 4.04. The van der Waals surface area contributed by atoms with Crippen LogP contribution in [0.3, 0.4) is 0 Å². The molecule has 1 heterocycles. The van der Waals surface area contributed by atoms with Gasteiger partial charge in [0.1, 0.15) is 5.78 Å². The van der Waals surface area contributed by atoms with Crippen LogP contribution in [0.25, 0.3) is 0 Å². The minimum Gasteiger partial charge on any atom is -0.299 e. The second-order valence-corrected chi connectivity index (χ2v) is 5.75. The van der Waals surface area contributed by atoms with Gasteiger partial charge in [-0.1, -0.05) is 49.5 Å². The summed E-state index contributed by atoms with van der Waals surface area (Å²) in [4.78, 5) is 14.4. The fourth-order valence-electron chi connectivity index (χ4n) is 1.64. The van der Waals surface area contributed by atoms with Crippen molar-refractivity contribution in [1.82, 2.24) is 0 Å². The largest absolute Gasteiger partial charge is 0.299 e. The summed E-state index contributed by atoms with van der Waals surface area (Å²) in [6.45, 7) is 3.56. The smallest absolute Gasteiger partial charge is 0.137 e. The highest BCUT2D eigenvalue weighted by Gasteiger charge is 2.15. The molecule has 92 valence electrons. The first-order valence-corrected chi connectivity index (χ1v) is 7.02. The summed E-state index contributed by atoms with van der Waals surface area (Å²) < 4.78 is 0. The maximum atomic E-state index is 11.4. The molecule has 0 saturated carbocycles. The number of rotatable bonds is 4. The normalized spacial score (nSPS) is 12.1. The first-order chi connectivity index (χ1) is 8.59. The number of carbonyl (C=O) groups is 1. The van der Waals surface area contributed by atoms with Gasteiger partial charge in [-0.3, -0.25) is 4.79 Å². The summed E-state index contributed by atoms with van der Waals surface area (Å²) in [5, 5.41) is 0. The van der Waals surface area contributed by atoms with E-state index in [0.29, 0.717) is 0 Å². The number of ketones is 1. The van der Waals surface area contributed by atoms with E-state index in [-0.39, 0.29) is 11.7 Å². The molecule has 0 saturated heterocycles. The molecule has 2 aromatic rings. The summed E-state index contributed by atoms with van der Waals surface area (Å²) in [5.41, 5.74) is 1.05. The first kappa shape index (κ1) is 13.1. The molecular formula is C15H14OS2. The van der Waals surface area contributed by atoms with Crippen LogP contribution in [0, 0.1) is 0 Å². The molecule has 1 atom stereocenters. The molecule has 1 nitrogen and oxygen atoms in total. The van der Waals surface area contributed by atoms with Crippen molar-refractivity contribution in [3.05, 3.63) is 57.8 Å². The van der Waals surface area contributed by atoms with Crippen molar-refractivity contribution in [2.75, 3.05) is 0 Å². The standard InChI is InChI=1S/C15H14OS2/c1-10(11(2)16)13-8-9-14(18-13)15(17)12-6-4-3-5-7-12/h3-10H,1-2H3. The van der Waals surface area contributed by atoms with Gasteiger partial charge in [0.2, 0.25) is 0 Å². The average Bonchev–Trinajstić information content (AvgIpc) is 2.87. The minimum atomic E-state index is -0.0395. The summed E-state index contributed by atoms with van der Waals surface area (Å²) in [6.07, 6.45) is 0. The van der Waals surface area contributed by atoms with E-state index >= 15 is 0 Å². The van der Waals surface area contributed by atoms with Crippen molar-refractivity contribution in [1.29, 1.82) is 0 Å². The van der Waals surface area contributed by atoms with Crippen LogP contribution in [-0.2, 0) is 4.79 Å². The van der Waals surface area contributed by atoms with E-state index in [4.69, 9.17) is 12.2 Å². The molecule has 3 heteroatoms.